The fraction of sp³-hybridized carbons (Fsp3) is 0.545. The van der Waals surface area contributed by atoms with Crippen LogP contribution in [0.2, 0.25) is 0 Å². The van der Waals surface area contributed by atoms with Crippen LogP contribution in [0.3, 0.4) is 0 Å². The molecule has 0 radical (unpaired) electrons. The maximum absolute atomic E-state index is 4.80. The highest BCUT2D eigenvalue weighted by Crippen LogP contribution is 2.27. The minimum atomic E-state index is 0.683. The first-order valence-electron chi connectivity index (χ1n) is 10.2. The van der Waals surface area contributed by atoms with Crippen molar-refractivity contribution in [2.75, 3.05) is 41.3 Å². The summed E-state index contributed by atoms with van der Waals surface area (Å²) in [5.41, 5.74) is 4.53. The molecule has 2 heterocycles. The van der Waals surface area contributed by atoms with Gasteiger partial charge in [-0.2, -0.15) is 4.98 Å². The van der Waals surface area contributed by atoms with Crippen LogP contribution in [0.15, 0.2) is 24.3 Å². The molecule has 5 nitrogen and oxygen atoms in total. The van der Waals surface area contributed by atoms with Crippen molar-refractivity contribution < 1.29 is 0 Å². The van der Waals surface area contributed by atoms with Crippen molar-refractivity contribution in [3.05, 3.63) is 35.5 Å². The van der Waals surface area contributed by atoms with E-state index in [1.165, 1.54) is 24.1 Å². The molecule has 3 rings (SSSR count). The lowest BCUT2D eigenvalue weighted by molar-refractivity contribution is 0.436. The summed E-state index contributed by atoms with van der Waals surface area (Å²) in [6, 6.07) is 8.64. The minimum absolute atomic E-state index is 0.683. The molecule has 0 unspecified atom stereocenters. The third-order valence-electron chi connectivity index (χ3n) is 5.53. The molecule has 1 aliphatic heterocycles. The second kappa shape index (κ2) is 8.59. The van der Waals surface area contributed by atoms with Gasteiger partial charge in [0.1, 0.15) is 5.82 Å². The Balaban J connectivity index is 1.79. The summed E-state index contributed by atoms with van der Waals surface area (Å²) in [6.45, 7) is 15.1. The van der Waals surface area contributed by atoms with E-state index in [4.69, 9.17) is 4.98 Å². The molecule has 1 aromatic heterocycles. The normalized spacial score (nSPS) is 15.1. The van der Waals surface area contributed by atoms with Crippen LogP contribution >= 0.6 is 0 Å². The van der Waals surface area contributed by atoms with Gasteiger partial charge in [0.25, 0.3) is 0 Å². The average Bonchev–Trinajstić information content (AvgIpc) is 2.65. The highest BCUT2D eigenvalue weighted by molar-refractivity contribution is 5.64. The third-order valence-corrected chi connectivity index (χ3v) is 5.53. The van der Waals surface area contributed by atoms with Gasteiger partial charge >= 0.3 is 0 Å². The minimum Gasteiger partial charge on any atom is -0.372 e. The number of piperidine rings is 1. The molecule has 1 aliphatic rings. The van der Waals surface area contributed by atoms with Gasteiger partial charge in [-0.1, -0.05) is 6.92 Å². The molecule has 5 heteroatoms. The molecule has 1 aromatic carbocycles. The number of rotatable bonds is 6. The van der Waals surface area contributed by atoms with E-state index < -0.39 is 0 Å². The smallest absolute Gasteiger partial charge is 0.229 e. The van der Waals surface area contributed by atoms with Gasteiger partial charge in [-0.05, 0) is 70.2 Å². The molecule has 1 saturated heterocycles. The number of anilines is 4. The zero-order chi connectivity index (χ0) is 19.4. The standard InChI is InChI=1S/C22H33N5/c1-6-26(7-2)19-8-9-20(17(4)14-19)24-22-23-18(5)15-21(25-22)27-12-10-16(3)11-13-27/h8-9,14-16H,6-7,10-13H2,1-5H3,(H,23,24,25). The molecule has 146 valence electrons. The number of aryl methyl sites for hydroxylation is 2. The van der Waals surface area contributed by atoms with E-state index in [0.717, 1.165) is 49.3 Å². The Labute approximate surface area is 163 Å². The van der Waals surface area contributed by atoms with Gasteiger partial charge in [-0.3, -0.25) is 0 Å². The predicted molar refractivity (Wildman–Crippen MR) is 115 cm³/mol. The molecular formula is C22H33N5. The van der Waals surface area contributed by atoms with Crippen molar-refractivity contribution in [3.63, 3.8) is 0 Å². The average molecular weight is 368 g/mol. The van der Waals surface area contributed by atoms with Gasteiger partial charge in [0.2, 0.25) is 5.95 Å². The highest BCUT2D eigenvalue weighted by atomic mass is 15.2. The first kappa shape index (κ1) is 19.5. The van der Waals surface area contributed by atoms with Crippen LogP contribution in [0.1, 0.15) is 44.9 Å². The summed E-state index contributed by atoms with van der Waals surface area (Å²) in [7, 11) is 0. The van der Waals surface area contributed by atoms with Crippen LogP contribution in [0, 0.1) is 19.8 Å². The van der Waals surface area contributed by atoms with E-state index in [2.05, 4.69) is 72.1 Å². The van der Waals surface area contributed by atoms with Crippen molar-refractivity contribution in [1.29, 1.82) is 0 Å². The number of benzene rings is 1. The predicted octanol–water partition coefficient (Wildman–Crippen LogP) is 4.92. The lowest BCUT2D eigenvalue weighted by atomic mass is 9.99. The van der Waals surface area contributed by atoms with Crippen molar-refractivity contribution in [3.8, 4) is 0 Å². The van der Waals surface area contributed by atoms with Gasteiger partial charge in [-0.25, -0.2) is 4.98 Å². The van der Waals surface area contributed by atoms with Gasteiger partial charge in [0.15, 0.2) is 0 Å². The Kier molecular flexibility index (Phi) is 6.19. The van der Waals surface area contributed by atoms with E-state index in [1.54, 1.807) is 0 Å². The number of nitrogens with zero attached hydrogens (tertiary/aromatic N) is 4. The first-order valence-corrected chi connectivity index (χ1v) is 10.2. The Morgan fingerprint density at radius 1 is 1.07 bits per heavy atom. The molecule has 0 atom stereocenters. The van der Waals surface area contributed by atoms with Crippen LogP contribution in [0.25, 0.3) is 0 Å². The molecule has 0 amide bonds. The first-order chi connectivity index (χ1) is 13.0. The molecule has 1 fully saturated rings. The Hall–Kier alpha value is -2.30. The molecular weight excluding hydrogens is 334 g/mol. The largest absolute Gasteiger partial charge is 0.372 e. The Morgan fingerprint density at radius 3 is 2.41 bits per heavy atom. The number of hydrogen-bond acceptors (Lipinski definition) is 5. The molecule has 1 N–H and O–H groups in total. The van der Waals surface area contributed by atoms with Crippen molar-refractivity contribution in [1.82, 2.24) is 9.97 Å². The van der Waals surface area contributed by atoms with Crippen molar-refractivity contribution >= 4 is 23.1 Å². The van der Waals surface area contributed by atoms with Crippen molar-refractivity contribution in [2.24, 2.45) is 5.92 Å². The second-order valence-electron chi connectivity index (χ2n) is 7.66. The maximum atomic E-state index is 4.80. The van der Waals surface area contributed by atoms with E-state index in [0.29, 0.717) is 5.95 Å². The SMILES string of the molecule is CCN(CC)c1ccc(Nc2nc(C)cc(N3CCC(C)CC3)n2)c(C)c1. The Morgan fingerprint density at radius 2 is 1.78 bits per heavy atom. The molecule has 0 saturated carbocycles. The highest BCUT2D eigenvalue weighted by Gasteiger charge is 2.18. The van der Waals surface area contributed by atoms with Crippen molar-refractivity contribution in [2.45, 2.75) is 47.5 Å². The second-order valence-corrected chi connectivity index (χ2v) is 7.66. The third kappa shape index (κ3) is 4.71. The van der Waals surface area contributed by atoms with Gasteiger partial charge in [0, 0.05) is 49.3 Å². The van der Waals surface area contributed by atoms with E-state index in [-0.39, 0.29) is 0 Å². The molecule has 0 spiro atoms. The molecule has 27 heavy (non-hydrogen) atoms. The number of aromatic nitrogens is 2. The fourth-order valence-corrected chi connectivity index (χ4v) is 3.70. The summed E-state index contributed by atoms with van der Waals surface area (Å²) in [6.07, 6.45) is 2.47. The summed E-state index contributed by atoms with van der Waals surface area (Å²) >= 11 is 0. The summed E-state index contributed by atoms with van der Waals surface area (Å²) < 4.78 is 0. The monoisotopic (exact) mass is 367 g/mol. The Bertz CT molecular complexity index is 761. The van der Waals surface area contributed by atoms with E-state index >= 15 is 0 Å². The van der Waals surface area contributed by atoms with Gasteiger partial charge < -0.3 is 15.1 Å². The lowest BCUT2D eigenvalue weighted by Crippen LogP contribution is -2.33. The molecule has 0 bridgehead atoms. The van der Waals surface area contributed by atoms with Crippen LogP contribution in [-0.2, 0) is 0 Å². The summed E-state index contributed by atoms with van der Waals surface area (Å²) in [4.78, 5) is 14.2. The molecule has 0 aliphatic carbocycles. The van der Waals surface area contributed by atoms with Gasteiger partial charge in [-0.15, -0.1) is 0 Å². The zero-order valence-electron chi connectivity index (χ0n) is 17.4. The number of hydrogen-bond donors (Lipinski definition) is 1. The number of nitrogens with one attached hydrogen (secondary N) is 1. The van der Waals surface area contributed by atoms with Crippen LogP contribution in [-0.4, -0.2) is 36.1 Å². The fourth-order valence-electron chi connectivity index (χ4n) is 3.70. The molecule has 2 aromatic rings. The summed E-state index contributed by atoms with van der Waals surface area (Å²) in [5, 5.41) is 3.44. The summed E-state index contributed by atoms with van der Waals surface area (Å²) in [5.74, 6) is 2.53. The topological polar surface area (TPSA) is 44.3 Å². The van der Waals surface area contributed by atoms with Crippen LogP contribution < -0.4 is 15.1 Å². The van der Waals surface area contributed by atoms with Crippen LogP contribution in [0.5, 0.6) is 0 Å². The van der Waals surface area contributed by atoms with Crippen LogP contribution in [0.4, 0.5) is 23.1 Å². The van der Waals surface area contributed by atoms with E-state index in [1.807, 2.05) is 6.92 Å². The zero-order valence-corrected chi connectivity index (χ0v) is 17.4. The maximum Gasteiger partial charge on any atom is 0.229 e. The van der Waals surface area contributed by atoms with E-state index in [9.17, 15) is 0 Å². The lowest BCUT2D eigenvalue weighted by Gasteiger charge is -2.31. The van der Waals surface area contributed by atoms with Gasteiger partial charge in [0.05, 0.1) is 0 Å². The quantitative estimate of drug-likeness (QED) is 0.785.